The minimum Gasteiger partial charge on any atom is -0.508 e. The van der Waals surface area contributed by atoms with Crippen molar-refractivity contribution >= 4 is 5.91 Å². The molecule has 0 saturated carbocycles. The Labute approximate surface area is 119 Å². The second-order valence-corrected chi connectivity index (χ2v) is 5.26. The van der Waals surface area contributed by atoms with Gasteiger partial charge in [0.2, 0.25) is 0 Å². The topological polar surface area (TPSA) is 72.8 Å². The number of carbonyl (C=O) groups excluding carboxylic acids is 1. The van der Waals surface area contributed by atoms with Crippen molar-refractivity contribution in [3.8, 4) is 11.5 Å². The number of hydrogen-bond acceptors (Lipinski definition) is 4. The van der Waals surface area contributed by atoms with Gasteiger partial charge in [-0.1, -0.05) is 6.92 Å². The van der Waals surface area contributed by atoms with Gasteiger partial charge in [-0.15, -0.1) is 0 Å². The maximum absolute atomic E-state index is 12.3. The summed E-state index contributed by atoms with van der Waals surface area (Å²) in [5.74, 6) is -0.314. The molecule has 0 atom stereocenters. The number of nitrogens with one attached hydrogen (secondary N) is 1. The summed E-state index contributed by atoms with van der Waals surface area (Å²) >= 11 is 0. The van der Waals surface area contributed by atoms with Gasteiger partial charge in [0, 0.05) is 30.8 Å². The van der Waals surface area contributed by atoms with Crippen LogP contribution in [0.5, 0.6) is 11.5 Å². The standard InChI is InChI=1S/C15H22N2O3/c1-2-5-16-12-3-6-17(7-4-12)15(20)11-8-13(18)10-14(19)9-11/h8-10,12,16,18-19H,2-7H2,1H3. The van der Waals surface area contributed by atoms with Crippen LogP contribution >= 0.6 is 0 Å². The Kier molecular flexibility index (Phi) is 4.84. The molecule has 2 rings (SSSR count). The van der Waals surface area contributed by atoms with Gasteiger partial charge >= 0.3 is 0 Å². The molecule has 5 heteroatoms. The van der Waals surface area contributed by atoms with E-state index in [4.69, 9.17) is 0 Å². The van der Waals surface area contributed by atoms with E-state index in [1.165, 1.54) is 18.2 Å². The molecule has 110 valence electrons. The first kappa shape index (κ1) is 14.7. The highest BCUT2D eigenvalue weighted by Gasteiger charge is 2.23. The Morgan fingerprint density at radius 3 is 2.40 bits per heavy atom. The molecule has 1 saturated heterocycles. The van der Waals surface area contributed by atoms with Crippen LogP contribution in [-0.4, -0.2) is 46.7 Å². The molecule has 1 aliphatic rings. The molecule has 0 aliphatic carbocycles. The van der Waals surface area contributed by atoms with Gasteiger partial charge in [0.15, 0.2) is 0 Å². The summed E-state index contributed by atoms with van der Waals surface area (Å²) < 4.78 is 0. The predicted octanol–water partition coefficient (Wildman–Crippen LogP) is 1.70. The SMILES string of the molecule is CCCNC1CCN(C(=O)c2cc(O)cc(O)c2)CC1. The summed E-state index contributed by atoms with van der Waals surface area (Å²) in [5.41, 5.74) is 0.336. The van der Waals surface area contributed by atoms with Gasteiger partial charge in [-0.25, -0.2) is 0 Å². The average molecular weight is 278 g/mol. The minimum absolute atomic E-state index is 0.0900. The third-order valence-electron chi connectivity index (χ3n) is 3.61. The van der Waals surface area contributed by atoms with Crippen molar-refractivity contribution in [2.75, 3.05) is 19.6 Å². The van der Waals surface area contributed by atoms with E-state index in [0.29, 0.717) is 24.7 Å². The zero-order chi connectivity index (χ0) is 14.5. The van der Waals surface area contributed by atoms with Gasteiger partial charge in [-0.3, -0.25) is 4.79 Å². The molecule has 0 spiro atoms. The van der Waals surface area contributed by atoms with E-state index in [2.05, 4.69) is 12.2 Å². The van der Waals surface area contributed by atoms with Crippen LogP contribution in [0.4, 0.5) is 0 Å². The molecular formula is C15H22N2O3. The van der Waals surface area contributed by atoms with Gasteiger partial charge in [0.1, 0.15) is 11.5 Å². The molecule has 3 N–H and O–H groups in total. The van der Waals surface area contributed by atoms with Crippen LogP contribution in [0.1, 0.15) is 36.5 Å². The molecule has 0 aromatic heterocycles. The zero-order valence-corrected chi connectivity index (χ0v) is 11.8. The molecule has 0 unspecified atom stereocenters. The predicted molar refractivity (Wildman–Crippen MR) is 77.0 cm³/mol. The van der Waals surface area contributed by atoms with E-state index in [1.54, 1.807) is 4.90 Å². The normalized spacial score (nSPS) is 16.4. The second-order valence-electron chi connectivity index (χ2n) is 5.26. The maximum atomic E-state index is 12.3. The number of nitrogens with zero attached hydrogens (tertiary/aromatic N) is 1. The van der Waals surface area contributed by atoms with E-state index in [9.17, 15) is 15.0 Å². The highest BCUT2D eigenvalue weighted by atomic mass is 16.3. The molecule has 0 radical (unpaired) electrons. The van der Waals surface area contributed by atoms with E-state index >= 15 is 0 Å². The van der Waals surface area contributed by atoms with Crippen LogP contribution in [0.2, 0.25) is 0 Å². The Morgan fingerprint density at radius 1 is 1.25 bits per heavy atom. The molecule has 1 aromatic carbocycles. The van der Waals surface area contributed by atoms with Crippen molar-refractivity contribution in [2.45, 2.75) is 32.2 Å². The molecular weight excluding hydrogens is 256 g/mol. The Bertz CT molecular complexity index is 448. The number of phenols is 2. The lowest BCUT2D eigenvalue weighted by atomic mass is 10.0. The number of amides is 1. The number of likely N-dealkylation sites (tertiary alicyclic amines) is 1. The first-order valence-corrected chi connectivity index (χ1v) is 7.16. The summed E-state index contributed by atoms with van der Waals surface area (Å²) in [7, 11) is 0. The quantitative estimate of drug-likeness (QED) is 0.784. The lowest BCUT2D eigenvalue weighted by molar-refractivity contribution is 0.0704. The molecule has 0 bridgehead atoms. The van der Waals surface area contributed by atoms with Gasteiger partial charge in [0.05, 0.1) is 0 Å². The number of rotatable bonds is 4. The average Bonchev–Trinajstić information content (AvgIpc) is 2.44. The fourth-order valence-corrected chi connectivity index (χ4v) is 2.54. The molecule has 1 aliphatic heterocycles. The minimum atomic E-state index is -0.134. The van der Waals surface area contributed by atoms with E-state index in [-0.39, 0.29) is 17.4 Å². The van der Waals surface area contributed by atoms with Gasteiger partial charge in [-0.05, 0) is 37.9 Å². The fourth-order valence-electron chi connectivity index (χ4n) is 2.54. The van der Waals surface area contributed by atoms with Crippen molar-refractivity contribution in [1.82, 2.24) is 10.2 Å². The first-order chi connectivity index (χ1) is 9.60. The summed E-state index contributed by atoms with van der Waals surface area (Å²) in [6.07, 6.45) is 2.99. The monoisotopic (exact) mass is 278 g/mol. The smallest absolute Gasteiger partial charge is 0.254 e. The van der Waals surface area contributed by atoms with Crippen molar-refractivity contribution in [2.24, 2.45) is 0 Å². The Morgan fingerprint density at radius 2 is 1.85 bits per heavy atom. The summed E-state index contributed by atoms with van der Waals surface area (Å²) in [4.78, 5) is 14.1. The van der Waals surface area contributed by atoms with Crippen LogP contribution in [0.25, 0.3) is 0 Å². The van der Waals surface area contributed by atoms with Crippen molar-refractivity contribution in [3.05, 3.63) is 23.8 Å². The van der Waals surface area contributed by atoms with Gasteiger partial charge in [-0.2, -0.15) is 0 Å². The Balaban J connectivity index is 1.94. The van der Waals surface area contributed by atoms with E-state index in [1.807, 2.05) is 0 Å². The van der Waals surface area contributed by atoms with Crippen LogP contribution in [0.15, 0.2) is 18.2 Å². The maximum Gasteiger partial charge on any atom is 0.254 e. The van der Waals surface area contributed by atoms with Crippen molar-refractivity contribution in [1.29, 1.82) is 0 Å². The van der Waals surface area contributed by atoms with Crippen LogP contribution in [0, 0.1) is 0 Å². The largest absolute Gasteiger partial charge is 0.508 e. The zero-order valence-electron chi connectivity index (χ0n) is 11.8. The molecule has 5 nitrogen and oxygen atoms in total. The highest BCUT2D eigenvalue weighted by Crippen LogP contribution is 2.22. The van der Waals surface area contributed by atoms with E-state index < -0.39 is 0 Å². The van der Waals surface area contributed by atoms with E-state index in [0.717, 1.165) is 25.8 Å². The highest BCUT2D eigenvalue weighted by molar-refractivity contribution is 5.95. The summed E-state index contributed by atoms with van der Waals surface area (Å²) in [6.45, 7) is 4.56. The number of aromatic hydroxyl groups is 2. The van der Waals surface area contributed by atoms with Crippen LogP contribution < -0.4 is 5.32 Å². The lowest BCUT2D eigenvalue weighted by Gasteiger charge is -2.32. The number of phenolic OH excluding ortho intramolecular Hbond substituents is 2. The molecule has 1 amide bonds. The number of benzene rings is 1. The molecule has 1 heterocycles. The number of carbonyl (C=O) groups is 1. The van der Waals surface area contributed by atoms with Gasteiger partial charge < -0.3 is 20.4 Å². The molecule has 1 aromatic rings. The fraction of sp³-hybridized carbons (Fsp3) is 0.533. The number of piperidine rings is 1. The molecule has 20 heavy (non-hydrogen) atoms. The Hall–Kier alpha value is -1.75. The third kappa shape index (κ3) is 3.63. The summed E-state index contributed by atoms with van der Waals surface area (Å²) in [5, 5.41) is 22.3. The third-order valence-corrected chi connectivity index (χ3v) is 3.61. The van der Waals surface area contributed by atoms with Crippen molar-refractivity contribution in [3.63, 3.8) is 0 Å². The first-order valence-electron chi connectivity index (χ1n) is 7.16. The van der Waals surface area contributed by atoms with Crippen LogP contribution in [0.3, 0.4) is 0 Å². The van der Waals surface area contributed by atoms with Crippen LogP contribution in [-0.2, 0) is 0 Å². The van der Waals surface area contributed by atoms with Crippen molar-refractivity contribution < 1.29 is 15.0 Å². The second kappa shape index (κ2) is 6.61. The molecule has 1 fully saturated rings. The lowest BCUT2D eigenvalue weighted by Crippen LogP contribution is -2.45. The van der Waals surface area contributed by atoms with Gasteiger partial charge in [0.25, 0.3) is 5.91 Å². The number of hydrogen-bond donors (Lipinski definition) is 3. The summed E-state index contributed by atoms with van der Waals surface area (Å²) in [6, 6.07) is 4.49.